The topological polar surface area (TPSA) is 113 Å². The Labute approximate surface area is 275 Å². The number of thioether (sulfide) groups is 1. The van der Waals surface area contributed by atoms with Crippen molar-refractivity contribution >= 4 is 29.5 Å². The molecule has 2 amide bonds. The number of β-lactam (4-membered cyclic amide) rings is 1. The lowest BCUT2D eigenvalue weighted by molar-refractivity contribution is -0.929. The average Bonchev–Trinajstić information content (AvgIpc) is 3.39. The lowest BCUT2D eigenvalue weighted by Gasteiger charge is -2.51. The molecule has 3 aliphatic heterocycles. The third-order valence-corrected chi connectivity index (χ3v) is 11.2. The van der Waals surface area contributed by atoms with Crippen LogP contribution in [0.3, 0.4) is 0 Å². The zero-order chi connectivity index (χ0) is 33.6. The number of unbranched alkanes of at least 4 members (excludes halogenated alkanes) is 4. The van der Waals surface area contributed by atoms with Crippen molar-refractivity contribution in [3.8, 4) is 5.75 Å². The van der Waals surface area contributed by atoms with E-state index in [-0.39, 0.29) is 17.6 Å². The predicted octanol–water partition coefficient (Wildman–Crippen LogP) is 4.79. The number of phenols is 1. The summed E-state index contributed by atoms with van der Waals surface area (Å²) in [6.45, 7) is 22.2. The van der Waals surface area contributed by atoms with Crippen molar-refractivity contribution in [3.63, 3.8) is 0 Å². The lowest BCUT2D eigenvalue weighted by atomic mass is 9.94. The number of hydrogen-bond acceptors (Lipinski definition) is 7. The highest BCUT2D eigenvalue weighted by atomic mass is 32.2. The van der Waals surface area contributed by atoms with Gasteiger partial charge in [0.05, 0.1) is 43.9 Å². The number of carbonyl (C=O) groups is 3. The molecule has 0 radical (unpaired) electrons. The first kappa shape index (κ1) is 37.2. The van der Waals surface area contributed by atoms with E-state index in [1.54, 1.807) is 26.0 Å². The summed E-state index contributed by atoms with van der Waals surface area (Å²) >= 11 is 1.38. The van der Waals surface area contributed by atoms with E-state index in [1.807, 2.05) is 13.8 Å². The zero-order valence-electron chi connectivity index (χ0n) is 28.9. The van der Waals surface area contributed by atoms with Crippen molar-refractivity contribution in [3.05, 3.63) is 29.8 Å². The average molecular weight is 647 g/mol. The summed E-state index contributed by atoms with van der Waals surface area (Å²) in [5, 5.41) is 23.9. The standard InChI is InChI=1S/C19H23N3O5S.C16H36N/c1-18(2)13(17(26)27)21-15(25)12(16(21)28-18)22-14(24)11(20-19(22,3)4)9-5-7-10(23)8-6-9;1-5-9-13-17(14-10-6-2,15-11-7-3)16-12-8-4/h5-8,11-13,16,20,23H,1-4H3,(H,26,27);5-16H2,1-4H3/q;+1/p-1/t11?,12-,13+,16-;/m1./s1. The van der Waals surface area contributed by atoms with Gasteiger partial charge in [0, 0.05) is 4.75 Å². The van der Waals surface area contributed by atoms with Gasteiger partial charge in [-0.25, -0.2) is 0 Å². The number of aromatic hydroxyl groups is 1. The maximum atomic E-state index is 13.2. The first-order chi connectivity index (χ1) is 21.2. The summed E-state index contributed by atoms with van der Waals surface area (Å²) in [5.74, 6) is -1.79. The quantitative estimate of drug-likeness (QED) is 0.208. The number of quaternary nitrogens is 1. The molecule has 1 unspecified atom stereocenters. The van der Waals surface area contributed by atoms with Crippen LogP contribution in [-0.4, -0.2) is 91.2 Å². The van der Waals surface area contributed by atoms with Crippen molar-refractivity contribution in [1.29, 1.82) is 0 Å². The van der Waals surface area contributed by atoms with Gasteiger partial charge in [-0.15, -0.1) is 11.8 Å². The fourth-order valence-corrected chi connectivity index (χ4v) is 8.80. The van der Waals surface area contributed by atoms with Gasteiger partial charge in [0.15, 0.2) is 0 Å². The van der Waals surface area contributed by atoms with E-state index < -0.39 is 39.9 Å². The molecule has 0 saturated carbocycles. The van der Waals surface area contributed by atoms with Gasteiger partial charge in [0.1, 0.15) is 23.2 Å². The van der Waals surface area contributed by atoms with Gasteiger partial charge in [-0.1, -0.05) is 65.5 Å². The Morgan fingerprint density at radius 2 is 1.33 bits per heavy atom. The van der Waals surface area contributed by atoms with Gasteiger partial charge in [-0.05, 0) is 71.1 Å². The van der Waals surface area contributed by atoms with E-state index in [1.165, 1.54) is 116 Å². The van der Waals surface area contributed by atoms with Crippen LogP contribution in [-0.2, 0) is 14.4 Å². The van der Waals surface area contributed by atoms with Crippen LogP contribution in [0.25, 0.3) is 0 Å². The molecule has 9 nitrogen and oxygen atoms in total. The van der Waals surface area contributed by atoms with Gasteiger partial charge in [-0.2, -0.15) is 0 Å². The Morgan fingerprint density at radius 1 is 0.867 bits per heavy atom. The van der Waals surface area contributed by atoms with Crippen LogP contribution < -0.4 is 10.4 Å². The number of fused-ring (bicyclic) bond motifs is 1. The first-order valence-electron chi connectivity index (χ1n) is 17.2. The SMILES string of the molecule is CC1(C)S[C@@H]2[C@H](N3C(=O)C(c4ccc(O)cc4)NC3(C)C)C(=O)N2[C@H]1C(=O)[O-].CCCC[N+](CCCC)(CCCC)CCCC. The Hall–Kier alpha value is -2.30. The molecular weight excluding hydrogens is 588 g/mol. The molecule has 4 rings (SSSR count). The molecule has 3 saturated heterocycles. The number of rotatable bonds is 15. The molecule has 3 heterocycles. The molecule has 0 spiro atoms. The number of carboxylic acid groups (broad SMARTS) is 1. The zero-order valence-corrected chi connectivity index (χ0v) is 29.8. The molecule has 0 aliphatic carbocycles. The van der Waals surface area contributed by atoms with Crippen molar-refractivity contribution in [2.24, 2.45) is 0 Å². The Balaban J connectivity index is 0.000000281. The van der Waals surface area contributed by atoms with Crippen LogP contribution in [0, 0.1) is 0 Å². The summed E-state index contributed by atoms with van der Waals surface area (Å²) in [6.07, 6.45) is 11.1. The van der Waals surface area contributed by atoms with E-state index in [0.717, 1.165) is 0 Å². The first-order valence-corrected chi connectivity index (χ1v) is 18.0. The molecule has 3 fully saturated rings. The van der Waals surface area contributed by atoms with Gasteiger partial charge in [0.2, 0.25) is 11.8 Å². The molecule has 2 N–H and O–H groups in total. The molecule has 4 atom stereocenters. The molecule has 10 heteroatoms. The minimum absolute atomic E-state index is 0.105. The van der Waals surface area contributed by atoms with E-state index >= 15 is 0 Å². The van der Waals surface area contributed by atoms with Crippen LogP contribution >= 0.6 is 11.8 Å². The van der Waals surface area contributed by atoms with Gasteiger partial charge in [-0.3, -0.25) is 14.9 Å². The van der Waals surface area contributed by atoms with E-state index in [4.69, 9.17) is 0 Å². The second-order valence-corrected chi connectivity index (χ2v) is 15.9. The van der Waals surface area contributed by atoms with Crippen molar-refractivity contribution in [2.45, 2.75) is 141 Å². The molecular formula is C35H58N4O5S. The van der Waals surface area contributed by atoms with E-state index in [9.17, 15) is 24.6 Å². The second-order valence-electron chi connectivity index (χ2n) is 14.1. The smallest absolute Gasteiger partial charge is 0.250 e. The summed E-state index contributed by atoms with van der Waals surface area (Å²) in [5.41, 5.74) is -0.106. The number of carboxylic acids is 1. The molecule has 254 valence electrons. The number of nitrogens with zero attached hydrogens (tertiary/aromatic N) is 3. The lowest BCUT2D eigenvalue weighted by Crippen LogP contribution is -2.74. The highest BCUT2D eigenvalue weighted by molar-refractivity contribution is 8.01. The summed E-state index contributed by atoms with van der Waals surface area (Å²) in [7, 11) is 0. The fourth-order valence-electron chi connectivity index (χ4n) is 7.13. The van der Waals surface area contributed by atoms with Gasteiger partial charge in [0.25, 0.3) is 0 Å². The Bertz CT molecular complexity index is 1120. The summed E-state index contributed by atoms with van der Waals surface area (Å²) < 4.78 is 0.716. The number of carbonyl (C=O) groups excluding carboxylic acids is 3. The normalized spacial score (nSPS) is 25.1. The maximum absolute atomic E-state index is 13.2. The molecule has 3 aliphatic rings. The van der Waals surface area contributed by atoms with Crippen LogP contribution in [0.15, 0.2) is 24.3 Å². The van der Waals surface area contributed by atoms with E-state index in [0.29, 0.717) is 5.56 Å². The largest absolute Gasteiger partial charge is 0.548 e. The minimum Gasteiger partial charge on any atom is -0.548 e. The molecule has 1 aromatic carbocycles. The van der Waals surface area contributed by atoms with Gasteiger partial charge >= 0.3 is 0 Å². The Morgan fingerprint density at radius 3 is 1.76 bits per heavy atom. The molecule has 0 bridgehead atoms. The number of benzene rings is 1. The number of nitrogens with one attached hydrogen (secondary N) is 1. The summed E-state index contributed by atoms with van der Waals surface area (Å²) in [4.78, 5) is 40.6. The monoisotopic (exact) mass is 646 g/mol. The highest BCUT2D eigenvalue weighted by Gasteiger charge is 2.67. The number of amides is 2. The van der Waals surface area contributed by atoms with Gasteiger partial charge < -0.3 is 29.3 Å². The molecule has 0 aromatic heterocycles. The molecule has 45 heavy (non-hydrogen) atoms. The maximum Gasteiger partial charge on any atom is 0.250 e. The third-order valence-electron chi connectivity index (χ3n) is 9.67. The number of hydrogen-bond donors (Lipinski definition) is 2. The summed E-state index contributed by atoms with van der Waals surface area (Å²) in [6, 6.07) is 3.96. The van der Waals surface area contributed by atoms with Crippen molar-refractivity contribution in [1.82, 2.24) is 15.1 Å². The van der Waals surface area contributed by atoms with Crippen LogP contribution in [0.1, 0.15) is 118 Å². The second kappa shape index (κ2) is 15.5. The predicted molar refractivity (Wildman–Crippen MR) is 179 cm³/mol. The third kappa shape index (κ3) is 8.17. The molecule has 1 aromatic rings. The number of aliphatic carboxylic acids is 1. The highest BCUT2D eigenvalue weighted by Crippen LogP contribution is 2.53. The number of phenolic OH excluding ortho intramolecular Hbond substituents is 1. The van der Waals surface area contributed by atoms with Crippen LogP contribution in [0.5, 0.6) is 5.75 Å². The minimum atomic E-state index is -1.28. The van der Waals surface area contributed by atoms with Crippen molar-refractivity contribution < 1.29 is 29.1 Å². The van der Waals surface area contributed by atoms with Crippen LogP contribution in [0.4, 0.5) is 0 Å². The van der Waals surface area contributed by atoms with Crippen molar-refractivity contribution in [2.75, 3.05) is 26.2 Å². The Kier molecular flexibility index (Phi) is 12.8. The fraction of sp³-hybridized carbons (Fsp3) is 0.743. The van der Waals surface area contributed by atoms with Crippen LogP contribution in [0.2, 0.25) is 0 Å². The van der Waals surface area contributed by atoms with E-state index in [2.05, 4.69) is 33.0 Å².